The van der Waals surface area contributed by atoms with E-state index in [2.05, 4.69) is 9.88 Å². The maximum Gasteiger partial charge on any atom is 0.270 e. The largest absolute Gasteiger partial charge is 0.396 e. The molecule has 116 valence electrons. The minimum Gasteiger partial charge on any atom is -0.396 e. The van der Waals surface area contributed by atoms with Gasteiger partial charge < -0.3 is 5.11 Å². The fraction of sp³-hybridized carbons (Fsp3) is 0.400. The molecular formula is C15H17N3O3S. The Morgan fingerprint density at radius 3 is 3.09 bits per heavy atom. The van der Waals surface area contributed by atoms with E-state index in [9.17, 15) is 15.2 Å². The van der Waals surface area contributed by atoms with E-state index in [0.717, 1.165) is 42.3 Å². The monoisotopic (exact) mass is 319 g/mol. The van der Waals surface area contributed by atoms with Gasteiger partial charge in [-0.25, -0.2) is 4.98 Å². The molecule has 7 heteroatoms. The van der Waals surface area contributed by atoms with Crippen molar-refractivity contribution in [2.45, 2.75) is 13.0 Å². The number of rotatable bonds is 5. The summed E-state index contributed by atoms with van der Waals surface area (Å²) in [6.07, 6.45) is 1.03. The zero-order chi connectivity index (χ0) is 15.5. The zero-order valence-corrected chi connectivity index (χ0v) is 12.8. The summed E-state index contributed by atoms with van der Waals surface area (Å²) >= 11 is 1.50. The Morgan fingerprint density at radius 1 is 1.50 bits per heavy atom. The van der Waals surface area contributed by atoms with E-state index in [4.69, 9.17) is 0 Å². The summed E-state index contributed by atoms with van der Waals surface area (Å²) in [4.78, 5) is 17.3. The third-order valence-electron chi connectivity index (χ3n) is 3.87. The van der Waals surface area contributed by atoms with E-state index in [1.165, 1.54) is 17.4 Å². The van der Waals surface area contributed by atoms with E-state index in [1.807, 2.05) is 11.4 Å². The number of non-ortho nitro benzene ring substituents is 1. The smallest absolute Gasteiger partial charge is 0.270 e. The summed E-state index contributed by atoms with van der Waals surface area (Å²) in [6, 6.07) is 6.56. The average molecular weight is 319 g/mol. The van der Waals surface area contributed by atoms with Crippen LogP contribution in [0.1, 0.15) is 12.1 Å². The van der Waals surface area contributed by atoms with Crippen LogP contribution in [-0.4, -0.2) is 39.6 Å². The van der Waals surface area contributed by atoms with Crippen LogP contribution in [0.2, 0.25) is 0 Å². The van der Waals surface area contributed by atoms with Gasteiger partial charge in [0.15, 0.2) is 0 Å². The number of thiazole rings is 1. The molecule has 2 heterocycles. The van der Waals surface area contributed by atoms with E-state index in [0.29, 0.717) is 5.92 Å². The first-order valence-corrected chi connectivity index (χ1v) is 8.06. The van der Waals surface area contributed by atoms with Gasteiger partial charge in [-0.3, -0.25) is 15.0 Å². The lowest BCUT2D eigenvalue weighted by molar-refractivity contribution is -0.384. The fourth-order valence-corrected chi connectivity index (χ4v) is 3.51. The molecule has 6 nitrogen and oxygen atoms in total. The number of nitro groups is 1. The number of nitro benzene ring substituents is 1. The van der Waals surface area contributed by atoms with Crippen molar-refractivity contribution in [3.63, 3.8) is 0 Å². The molecule has 22 heavy (non-hydrogen) atoms. The lowest BCUT2D eigenvalue weighted by Gasteiger charge is -2.13. The van der Waals surface area contributed by atoms with Crippen LogP contribution in [0.15, 0.2) is 29.6 Å². The summed E-state index contributed by atoms with van der Waals surface area (Å²) in [7, 11) is 0. The summed E-state index contributed by atoms with van der Waals surface area (Å²) in [6.45, 7) is 2.89. The number of hydrogen-bond acceptors (Lipinski definition) is 6. The molecular weight excluding hydrogens is 302 g/mol. The maximum absolute atomic E-state index is 10.8. The molecule has 1 fully saturated rings. The van der Waals surface area contributed by atoms with Crippen molar-refractivity contribution < 1.29 is 10.0 Å². The van der Waals surface area contributed by atoms with Gasteiger partial charge in [-0.2, -0.15) is 0 Å². The number of aliphatic hydroxyl groups excluding tert-OH is 1. The fourth-order valence-electron chi connectivity index (χ4n) is 2.70. The van der Waals surface area contributed by atoms with E-state index < -0.39 is 4.92 Å². The molecule has 0 bridgehead atoms. The van der Waals surface area contributed by atoms with Crippen LogP contribution >= 0.6 is 11.3 Å². The van der Waals surface area contributed by atoms with E-state index in [1.54, 1.807) is 12.1 Å². The molecule has 1 saturated heterocycles. The Kier molecular flexibility index (Phi) is 4.47. The van der Waals surface area contributed by atoms with Gasteiger partial charge in [-0.1, -0.05) is 12.1 Å². The van der Waals surface area contributed by atoms with Gasteiger partial charge in [-0.05, 0) is 18.9 Å². The summed E-state index contributed by atoms with van der Waals surface area (Å²) in [5, 5.41) is 22.8. The molecule has 1 atom stereocenters. The van der Waals surface area contributed by atoms with Crippen molar-refractivity contribution in [3.8, 4) is 10.6 Å². The number of hydrogen-bond donors (Lipinski definition) is 1. The van der Waals surface area contributed by atoms with Crippen molar-refractivity contribution in [2.75, 3.05) is 19.7 Å². The molecule has 1 unspecified atom stereocenters. The maximum atomic E-state index is 10.8. The normalized spacial score (nSPS) is 18.7. The predicted octanol–water partition coefficient (Wildman–Crippen LogP) is 2.53. The molecule has 1 N–H and O–H groups in total. The van der Waals surface area contributed by atoms with Crippen molar-refractivity contribution in [1.29, 1.82) is 0 Å². The SMILES string of the molecule is O=[N+]([O-])c1cccc(-c2nc(CN3CCC(CO)C3)cs2)c1. The molecule has 0 radical (unpaired) electrons. The molecule has 1 aromatic heterocycles. The second kappa shape index (κ2) is 6.51. The molecule has 3 rings (SSSR count). The van der Waals surface area contributed by atoms with Crippen molar-refractivity contribution in [2.24, 2.45) is 5.92 Å². The molecule has 0 aliphatic carbocycles. The Hall–Kier alpha value is -1.83. The van der Waals surface area contributed by atoms with Gasteiger partial charge in [0.05, 0.1) is 10.6 Å². The quantitative estimate of drug-likeness (QED) is 0.676. The molecule has 0 saturated carbocycles. The predicted molar refractivity (Wildman–Crippen MR) is 84.7 cm³/mol. The number of nitrogens with zero attached hydrogens (tertiary/aromatic N) is 3. The summed E-state index contributed by atoms with van der Waals surface area (Å²) < 4.78 is 0. The minimum atomic E-state index is -0.392. The Morgan fingerprint density at radius 2 is 2.36 bits per heavy atom. The van der Waals surface area contributed by atoms with Gasteiger partial charge in [-0.15, -0.1) is 11.3 Å². The molecule has 0 spiro atoms. The van der Waals surface area contributed by atoms with Gasteiger partial charge in [0.25, 0.3) is 5.69 Å². The van der Waals surface area contributed by atoms with Crippen LogP contribution in [0.3, 0.4) is 0 Å². The second-order valence-corrected chi connectivity index (χ2v) is 6.38. The molecule has 0 amide bonds. The molecule has 1 aliphatic heterocycles. The Labute approximate surface area is 132 Å². The number of aromatic nitrogens is 1. The number of aliphatic hydroxyl groups is 1. The highest BCUT2D eigenvalue weighted by atomic mass is 32.1. The van der Waals surface area contributed by atoms with Crippen LogP contribution in [0, 0.1) is 16.0 Å². The first kappa shape index (κ1) is 15.1. The third-order valence-corrected chi connectivity index (χ3v) is 4.81. The Balaban J connectivity index is 1.71. The molecule has 1 aliphatic rings. The van der Waals surface area contributed by atoms with Crippen molar-refractivity contribution in [3.05, 3.63) is 45.5 Å². The van der Waals surface area contributed by atoms with E-state index in [-0.39, 0.29) is 12.3 Å². The first-order chi connectivity index (χ1) is 10.7. The minimum absolute atomic E-state index is 0.0829. The second-order valence-electron chi connectivity index (χ2n) is 5.52. The van der Waals surface area contributed by atoms with Gasteiger partial charge >= 0.3 is 0 Å². The average Bonchev–Trinajstić information content (AvgIpc) is 3.17. The highest BCUT2D eigenvalue weighted by Gasteiger charge is 2.22. The zero-order valence-electron chi connectivity index (χ0n) is 12.0. The number of benzene rings is 1. The van der Waals surface area contributed by atoms with Crippen molar-refractivity contribution in [1.82, 2.24) is 9.88 Å². The van der Waals surface area contributed by atoms with Gasteiger partial charge in [0.2, 0.25) is 0 Å². The van der Waals surface area contributed by atoms with Crippen LogP contribution in [0.25, 0.3) is 10.6 Å². The number of likely N-dealkylation sites (tertiary alicyclic amines) is 1. The molecule has 1 aromatic carbocycles. The third kappa shape index (κ3) is 3.32. The van der Waals surface area contributed by atoms with Crippen LogP contribution in [-0.2, 0) is 6.54 Å². The summed E-state index contributed by atoms with van der Waals surface area (Å²) in [5.41, 5.74) is 1.84. The van der Waals surface area contributed by atoms with Crippen LogP contribution < -0.4 is 0 Å². The van der Waals surface area contributed by atoms with E-state index >= 15 is 0 Å². The standard InChI is InChI=1S/C15H17N3O3S/c19-9-11-4-5-17(7-11)8-13-10-22-15(16-13)12-2-1-3-14(6-12)18(20)21/h1-3,6,10-11,19H,4-5,7-9H2. The lowest BCUT2D eigenvalue weighted by Crippen LogP contribution is -2.21. The first-order valence-electron chi connectivity index (χ1n) is 7.18. The molecule has 2 aromatic rings. The Bertz CT molecular complexity index is 674. The summed E-state index contributed by atoms with van der Waals surface area (Å²) in [5.74, 6) is 0.370. The van der Waals surface area contributed by atoms with Crippen LogP contribution in [0.5, 0.6) is 0 Å². The lowest BCUT2D eigenvalue weighted by atomic mass is 10.1. The van der Waals surface area contributed by atoms with Gasteiger partial charge in [0, 0.05) is 42.8 Å². The topological polar surface area (TPSA) is 79.5 Å². The van der Waals surface area contributed by atoms with Crippen LogP contribution in [0.4, 0.5) is 5.69 Å². The van der Waals surface area contributed by atoms with Gasteiger partial charge in [0.1, 0.15) is 5.01 Å². The highest BCUT2D eigenvalue weighted by Crippen LogP contribution is 2.28. The highest BCUT2D eigenvalue weighted by molar-refractivity contribution is 7.13. The van der Waals surface area contributed by atoms with Crippen molar-refractivity contribution >= 4 is 17.0 Å².